The van der Waals surface area contributed by atoms with Crippen molar-refractivity contribution in [3.8, 4) is 44.7 Å². The van der Waals surface area contributed by atoms with Crippen LogP contribution in [0, 0.1) is 0 Å². The van der Waals surface area contributed by atoms with Crippen LogP contribution in [0.2, 0.25) is 0 Å². The van der Waals surface area contributed by atoms with Crippen LogP contribution in [0.25, 0.3) is 77.2 Å². The smallest absolute Gasteiger partial charge is 0.145 e. The summed E-state index contributed by atoms with van der Waals surface area (Å²) in [5.74, 6) is 0.847. The van der Waals surface area contributed by atoms with Crippen molar-refractivity contribution in [1.29, 1.82) is 0 Å². The van der Waals surface area contributed by atoms with E-state index in [4.69, 9.17) is 4.42 Å². The molecule has 2 heteroatoms. The Hall–Kier alpha value is -7.16. The van der Waals surface area contributed by atoms with Crippen molar-refractivity contribution in [2.24, 2.45) is 0 Å². The standard InChI is InChI=1S/C52H35NO/c1-3-17-36(18-4-1)42-23-11-14-28-48(42)53(40-33-31-37(32-34-40)47-35-39-21-7-8-22-41(39)43-24-9-10-25-44(43)47)49-29-15-12-26-45(49)52-51(38-19-5-2-6-20-38)46-27-13-16-30-50(46)54-52/h1-35H. The summed E-state index contributed by atoms with van der Waals surface area (Å²) in [4.78, 5) is 2.39. The fourth-order valence-corrected chi connectivity index (χ4v) is 8.01. The summed E-state index contributed by atoms with van der Waals surface area (Å²) in [7, 11) is 0. The normalized spacial score (nSPS) is 11.3. The van der Waals surface area contributed by atoms with E-state index in [0.717, 1.165) is 61.6 Å². The second kappa shape index (κ2) is 13.4. The molecule has 1 heterocycles. The van der Waals surface area contributed by atoms with Crippen molar-refractivity contribution in [2.75, 3.05) is 4.90 Å². The van der Waals surface area contributed by atoms with Gasteiger partial charge in [0, 0.05) is 27.8 Å². The zero-order chi connectivity index (χ0) is 35.8. The van der Waals surface area contributed by atoms with E-state index in [-0.39, 0.29) is 0 Å². The first kappa shape index (κ1) is 31.6. The van der Waals surface area contributed by atoms with Crippen molar-refractivity contribution in [1.82, 2.24) is 0 Å². The van der Waals surface area contributed by atoms with Gasteiger partial charge in [-0.2, -0.15) is 0 Å². The Morgan fingerprint density at radius 3 is 1.59 bits per heavy atom. The summed E-state index contributed by atoms with van der Waals surface area (Å²) in [6.07, 6.45) is 0. The predicted molar refractivity (Wildman–Crippen MR) is 228 cm³/mol. The summed E-state index contributed by atoms with van der Waals surface area (Å²) < 4.78 is 6.84. The molecule has 9 aromatic carbocycles. The van der Waals surface area contributed by atoms with E-state index in [0.29, 0.717) is 0 Å². The fourth-order valence-electron chi connectivity index (χ4n) is 8.01. The molecular weight excluding hydrogens is 655 g/mol. The molecule has 0 aliphatic heterocycles. The zero-order valence-electron chi connectivity index (χ0n) is 29.6. The Kier molecular flexibility index (Phi) is 7.85. The molecule has 10 aromatic rings. The predicted octanol–water partition coefficient (Wildman–Crippen LogP) is 14.9. The van der Waals surface area contributed by atoms with Gasteiger partial charge in [0.25, 0.3) is 0 Å². The minimum atomic E-state index is 0.847. The first-order valence-electron chi connectivity index (χ1n) is 18.4. The first-order valence-corrected chi connectivity index (χ1v) is 18.4. The Balaban J connectivity index is 1.20. The largest absolute Gasteiger partial charge is 0.455 e. The quantitative estimate of drug-likeness (QED) is 0.155. The van der Waals surface area contributed by atoms with Gasteiger partial charge in [-0.15, -0.1) is 0 Å². The third kappa shape index (κ3) is 5.44. The number of nitrogens with zero attached hydrogens (tertiary/aromatic N) is 1. The maximum absolute atomic E-state index is 6.84. The van der Waals surface area contributed by atoms with Crippen LogP contribution in [0.4, 0.5) is 17.1 Å². The minimum absolute atomic E-state index is 0.847. The molecule has 0 saturated carbocycles. The number of benzene rings is 9. The van der Waals surface area contributed by atoms with E-state index >= 15 is 0 Å². The molecule has 0 atom stereocenters. The van der Waals surface area contributed by atoms with E-state index in [2.05, 4.69) is 211 Å². The highest BCUT2D eigenvalue weighted by Crippen LogP contribution is 2.49. The molecule has 0 fully saturated rings. The molecule has 1 aromatic heterocycles. The number of anilines is 3. The minimum Gasteiger partial charge on any atom is -0.455 e. The summed E-state index contributed by atoms with van der Waals surface area (Å²) >= 11 is 0. The summed E-state index contributed by atoms with van der Waals surface area (Å²) in [5, 5.41) is 6.12. The van der Waals surface area contributed by atoms with E-state index in [1.807, 2.05) is 6.07 Å². The monoisotopic (exact) mass is 689 g/mol. The molecule has 0 aliphatic rings. The van der Waals surface area contributed by atoms with E-state index in [1.165, 1.54) is 32.7 Å². The molecule has 0 saturated heterocycles. The lowest BCUT2D eigenvalue weighted by molar-refractivity contribution is 0.632. The fraction of sp³-hybridized carbons (Fsp3) is 0. The molecule has 0 unspecified atom stereocenters. The van der Waals surface area contributed by atoms with E-state index in [9.17, 15) is 0 Å². The Bertz CT molecular complexity index is 2920. The van der Waals surface area contributed by atoms with Gasteiger partial charge in [-0.1, -0.05) is 170 Å². The molecule has 0 amide bonds. The lowest BCUT2D eigenvalue weighted by Gasteiger charge is -2.29. The zero-order valence-corrected chi connectivity index (χ0v) is 29.6. The van der Waals surface area contributed by atoms with Crippen molar-refractivity contribution in [3.05, 3.63) is 212 Å². The van der Waals surface area contributed by atoms with Crippen molar-refractivity contribution in [3.63, 3.8) is 0 Å². The maximum Gasteiger partial charge on any atom is 0.145 e. The molecule has 0 aliphatic carbocycles. The number of hydrogen-bond donors (Lipinski definition) is 0. The van der Waals surface area contributed by atoms with Gasteiger partial charge in [0.2, 0.25) is 0 Å². The molecular formula is C52H35NO. The molecule has 254 valence electrons. The molecule has 0 radical (unpaired) electrons. The average Bonchev–Trinajstić information content (AvgIpc) is 3.64. The highest BCUT2D eigenvalue weighted by Gasteiger charge is 2.25. The summed E-state index contributed by atoms with van der Waals surface area (Å²) in [6.45, 7) is 0. The number of rotatable bonds is 7. The van der Waals surface area contributed by atoms with Crippen molar-refractivity contribution in [2.45, 2.75) is 0 Å². The third-order valence-corrected chi connectivity index (χ3v) is 10.5. The highest BCUT2D eigenvalue weighted by atomic mass is 16.3. The van der Waals surface area contributed by atoms with Gasteiger partial charge in [-0.3, -0.25) is 0 Å². The number of furan rings is 1. The molecule has 2 nitrogen and oxygen atoms in total. The topological polar surface area (TPSA) is 16.4 Å². The molecule has 54 heavy (non-hydrogen) atoms. The summed E-state index contributed by atoms with van der Waals surface area (Å²) in [6, 6.07) is 75.7. The van der Waals surface area contributed by atoms with Gasteiger partial charge in [-0.05, 0) is 86.3 Å². The summed E-state index contributed by atoms with van der Waals surface area (Å²) in [5.41, 5.74) is 12.0. The van der Waals surface area contributed by atoms with Crippen LogP contribution in [0.5, 0.6) is 0 Å². The van der Waals surface area contributed by atoms with Crippen LogP contribution in [0.1, 0.15) is 0 Å². The van der Waals surface area contributed by atoms with Crippen LogP contribution >= 0.6 is 0 Å². The van der Waals surface area contributed by atoms with Gasteiger partial charge in [0.15, 0.2) is 0 Å². The van der Waals surface area contributed by atoms with E-state index < -0.39 is 0 Å². The Morgan fingerprint density at radius 2 is 0.852 bits per heavy atom. The molecule has 0 spiro atoms. The van der Waals surface area contributed by atoms with Crippen LogP contribution in [-0.4, -0.2) is 0 Å². The maximum atomic E-state index is 6.84. The van der Waals surface area contributed by atoms with Crippen LogP contribution in [0.3, 0.4) is 0 Å². The van der Waals surface area contributed by atoms with Gasteiger partial charge >= 0.3 is 0 Å². The molecule has 0 N–H and O–H groups in total. The number of hydrogen-bond acceptors (Lipinski definition) is 2. The van der Waals surface area contributed by atoms with Crippen molar-refractivity contribution < 1.29 is 4.42 Å². The second-order valence-electron chi connectivity index (χ2n) is 13.6. The van der Waals surface area contributed by atoms with Gasteiger partial charge < -0.3 is 9.32 Å². The van der Waals surface area contributed by atoms with Crippen molar-refractivity contribution >= 4 is 49.6 Å². The van der Waals surface area contributed by atoms with Crippen LogP contribution < -0.4 is 4.90 Å². The molecule has 10 rings (SSSR count). The van der Waals surface area contributed by atoms with Crippen LogP contribution in [-0.2, 0) is 0 Å². The van der Waals surface area contributed by atoms with E-state index in [1.54, 1.807) is 0 Å². The van der Waals surface area contributed by atoms with Gasteiger partial charge in [0.05, 0.1) is 11.4 Å². The number of fused-ring (bicyclic) bond motifs is 4. The van der Waals surface area contributed by atoms with Gasteiger partial charge in [-0.25, -0.2) is 0 Å². The number of para-hydroxylation sites is 3. The lowest BCUT2D eigenvalue weighted by Crippen LogP contribution is -2.12. The average molecular weight is 690 g/mol. The highest BCUT2D eigenvalue weighted by molar-refractivity contribution is 6.14. The first-order chi connectivity index (χ1) is 26.8. The second-order valence-corrected chi connectivity index (χ2v) is 13.6. The Labute approximate surface area is 314 Å². The SMILES string of the molecule is c1ccc(-c2ccccc2N(c2ccc(-c3cc4ccccc4c4ccccc34)cc2)c2ccccc2-c2oc3ccccc3c2-c2ccccc2)cc1. The van der Waals surface area contributed by atoms with Crippen LogP contribution in [0.15, 0.2) is 217 Å². The lowest BCUT2D eigenvalue weighted by atomic mass is 9.93. The van der Waals surface area contributed by atoms with Gasteiger partial charge in [0.1, 0.15) is 11.3 Å². The third-order valence-electron chi connectivity index (χ3n) is 10.5. The Morgan fingerprint density at radius 1 is 0.333 bits per heavy atom. The molecule has 0 bridgehead atoms.